The number of aliphatic carboxylic acids is 1. The molecule has 1 saturated heterocycles. The van der Waals surface area contributed by atoms with E-state index in [1.54, 1.807) is 24.3 Å². The SMILES string of the molecule is O=C(O)[C@@H]1CSCN1C(=O)COc1ccccc1Cl. The van der Waals surface area contributed by atoms with Crippen molar-refractivity contribution in [1.82, 2.24) is 4.90 Å². The Bertz CT molecular complexity index is 496. The summed E-state index contributed by atoms with van der Waals surface area (Å²) in [5.74, 6) is -0.140. The second-order valence-corrected chi connectivity index (χ2v) is 5.34. The fourth-order valence-corrected chi connectivity index (χ4v) is 3.04. The van der Waals surface area contributed by atoms with Crippen molar-refractivity contribution in [2.75, 3.05) is 18.2 Å². The van der Waals surface area contributed by atoms with E-state index in [1.807, 2.05) is 0 Å². The van der Waals surface area contributed by atoms with Crippen molar-refractivity contribution in [2.45, 2.75) is 6.04 Å². The number of carbonyl (C=O) groups excluding carboxylic acids is 1. The van der Waals surface area contributed by atoms with Crippen molar-refractivity contribution in [3.8, 4) is 5.75 Å². The molecule has 1 fully saturated rings. The first-order valence-corrected chi connectivity index (χ1v) is 7.10. The standard InChI is InChI=1S/C12H12ClNO4S/c13-8-3-1-2-4-10(8)18-5-11(15)14-7-19-6-9(14)12(16)17/h1-4,9H,5-7H2,(H,16,17)/t9-/m0/s1. The quantitative estimate of drug-likeness (QED) is 0.917. The molecular formula is C12H12ClNO4S. The topological polar surface area (TPSA) is 66.8 Å². The molecule has 0 radical (unpaired) electrons. The van der Waals surface area contributed by atoms with Gasteiger partial charge in [0.05, 0.1) is 10.9 Å². The molecule has 1 aliphatic rings. The number of carbonyl (C=O) groups is 2. The normalized spacial score (nSPS) is 18.4. The number of benzene rings is 1. The number of nitrogens with zero attached hydrogens (tertiary/aromatic N) is 1. The zero-order valence-corrected chi connectivity index (χ0v) is 11.5. The van der Waals surface area contributed by atoms with Crippen LogP contribution >= 0.6 is 23.4 Å². The molecule has 1 amide bonds. The maximum Gasteiger partial charge on any atom is 0.327 e. The lowest BCUT2D eigenvalue weighted by atomic mass is 10.3. The van der Waals surface area contributed by atoms with Crippen molar-refractivity contribution in [3.05, 3.63) is 29.3 Å². The highest BCUT2D eigenvalue weighted by atomic mass is 35.5. The van der Waals surface area contributed by atoms with Gasteiger partial charge in [0.15, 0.2) is 6.61 Å². The summed E-state index contributed by atoms with van der Waals surface area (Å²) in [5.41, 5.74) is 0. The third-order valence-electron chi connectivity index (χ3n) is 2.68. The molecular weight excluding hydrogens is 290 g/mol. The Morgan fingerprint density at radius 1 is 1.47 bits per heavy atom. The third-order valence-corrected chi connectivity index (χ3v) is 4.00. The summed E-state index contributed by atoms with van der Waals surface area (Å²) in [6.07, 6.45) is 0. The van der Waals surface area contributed by atoms with E-state index in [1.165, 1.54) is 16.7 Å². The van der Waals surface area contributed by atoms with E-state index >= 15 is 0 Å². The van der Waals surface area contributed by atoms with Crippen LogP contribution in [0.3, 0.4) is 0 Å². The molecule has 7 heteroatoms. The lowest BCUT2D eigenvalue weighted by molar-refractivity contribution is -0.148. The highest BCUT2D eigenvalue weighted by Gasteiger charge is 2.34. The Morgan fingerprint density at radius 3 is 2.89 bits per heavy atom. The van der Waals surface area contributed by atoms with Crippen LogP contribution in [0.25, 0.3) is 0 Å². The lowest BCUT2D eigenvalue weighted by Crippen LogP contribution is -2.43. The fourth-order valence-electron chi connectivity index (χ4n) is 1.68. The van der Waals surface area contributed by atoms with Gasteiger partial charge in [-0.1, -0.05) is 23.7 Å². The average molecular weight is 302 g/mol. The molecule has 1 atom stereocenters. The number of hydrogen-bond acceptors (Lipinski definition) is 4. The predicted molar refractivity (Wildman–Crippen MR) is 72.5 cm³/mol. The van der Waals surface area contributed by atoms with Crippen molar-refractivity contribution in [1.29, 1.82) is 0 Å². The van der Waals surface area contributed by atoms with Crippen molar-refractivity contribution in [3.63, 3.8) is 0 Å². The maximum absolute atomic E-state index is 11.9. The van der Waals surface area contributed by atoms with Crippen molar-refractivity contribution in [2.24, 2.45) is 0 Å². The number of hydrogen-bond donors (Lipinski definition) is 1. The van der Waals surface area contributed by atoms with Crippen LogP contribution in [0.2, 0.25) is 5.02 Å². The Hall–Kier alpha value is -1.40. The fraction of sp³-hybridized carbons (Fsp3) is 0.333. The van der Waals surface area contributed by atoms with E-state index in [0.717, 1.165) is 0 Å². The van der Waals surface area contributed by atoms with Crippen LogP contribution in [-0.2, 0) is 9.59 Å². The van der Waals surface area contributed by atoms with Gasteiger partial charge in [0.1, 0.15) is 11.8 Å². The van der Waals surface area contributed by atoms with Gasteiger partial charge in [0, 0.05) is 5.75 Å². The molecule has 0 saturated carbocycles. The zero-order chi connectivity index (χ0) is 13.8. The molecule has 2 rings (SSSR count). The number of ether oxygens (including phenoxy) is 1. The van der Waals surface area contributed by atoms with Crippen LogP contribution in [0.15, 0.2) is 24.3 Å². The van der Waals surface area contributed by atoms with Gasteiger partial charge in [-0.15, -0.1) is 11.8 Å². The van der Waals surface area contributed by atoms with Crippen molar-refractivity contribution >= 4 is 35.2 Å². The van der Waals surface area contributed by atoms with Crippen LogP contribution in [0.4, 0.5) is 0 Å². The predicted octanol–water partition coefficient (Wildman–Crippen LogP) is 1.70. The number of halogens is 1. The average Bonchev–Trinajstić information content (AvgIpc) is 2.87. The summed E-state index contributed by atoms with van der Waals surface area (Å²) < 4.78 is 5.31. The van der Waals surface area contributed by atoms with Crippen LogP contribution in [0.1, 0.15) is 0 Å². The Kier molecular flexibility index (Phi) is 4.55. The van der Waals surface area contributed by atoms with Gasteiger partial charge in [0.25, 0.3) is 5.91 Å². The Balaban J connectivity index is 1.95. The summed E-state index contributed by atoms with van der Waals surface area (Å²) in [7, 11) is 0. The number of carboxylic acids is 1. The van der Waals surface area contributed by atoms with Crippen LogP contribution in [0.5, 0.6) is 5.75 Å². The Labute approximate surface area is 119 Å². The van der Waals surface area contributed by atoms with Gasteiger partial charge in [-0.25, -0.2) is 4.79 Å². The van der Waals surface area contributed by atoms with Gasteiger partial charge in [0.2, 0.25) is 0 Å². The summed E-state index contributed by atoms with van der Waals surface area (Å²) in [6, 6.07) is 6.05. The first-order valence-electron chi connectivity index (χ1n) is 5.57. The molecule has 0 aromatic heterocycles. The zero-order valence-electron chi connectivity index (χ0n) is 9.91. The van der Waals surface area contributed by atoms with Gasteiger partial charge < -0.3 is 14.7 Å². The number of rotatable bonds is 4. The molecule has 0 spiro atoms. The van der Waals surface area contributed by atoms with Crippen LogP contribution in [0, 0.1) is 0 Å². The minimum Gasteiger partial charge on any atom is -0.482 e. The summed E-state index contributed by atoms with van der Waals surface area (Å²) >= 11 is 7.31. The molecule has 1 aromatic carbocycles. The number of thioether (sulfide) groups is 1. The molecule has 1 N–H and O–H groups in total. The highest BCUT2D eigenvalue weighted by molar-refractivity contribution is 7.99. The van der Waals surface area contributed by atoms with Gasteiger partial charge in [-0.2, -0.15) is 0 Å². The van der Waals surface area contributed by atoms with E-state index in [4.69, 9.17) is 21.4 Å². The molecule has 19 heavy (non-hydrogen) atoms. The molecule has 0 aliphatic carbocycles. The largest absolute Gasteiger partial charge is 0.482 e. The summed E-state index contributed by atoms with van der Waals surface area (Å²) in [5, 5.41) is 9.41. The van der Waals surface area contributed by atoms with Gasteiger partial charge >= 0.3 is 5.97 Å². The van der Waals surface area contributed by atoms with Crippen LogP contribution in [-0.4, -0.2) is 46.2 Å². The lowest BCUT2D eigenvalue weighted by Gasteiger charge is -2.20. The molecule has 0 unspecified atom stereocenters. The summed E-state index contributed by atoms with van der Waals surface area (Å²) in [4.78, 5) is 24.2. The van der Waals surface area contributed by atoms with E-state index in [-0.39, 0.29) is 12.5 Å². The summed E-state index contributed by atoms with van der Waals surface area (Å²) in [6.45, 7) is -0.214. The first-order chi connectivity index (χ1) is 9.09. The smallest absolute Gasteiger partial charge is 0.327 e. The molecule has 1 heterocycles. The van der Waals surface area contributed by atoms with Crippen molar-refractivity contribution < 1.29 is 19.4 Å². The Morgan fingerprint density at radius 2 is 2.21 bits per heavy atom. The minimum atomic E-state index is -0.990. The van der Waals surface area contributed by atoms with Crippen LogP contribution < -0.4 is 4.74 Å². The van der Waals surface area contributed by atoms with E-state index in [2.05, 4.69) is 0 Å². The van der Waals surface area contributed by atoms with Gasteiger partial charge in [-0.3, -0.25) is 4.79 Å². The molecule has 0 bridgehead atoms. The maximum atomic E-state index is 11.9. The number of amides is 1. The monoisotopic (exact) mass is 301 g/mol. The molecule has 102 valence electrons. The van der Waals surface area contributed by atoms with Gasteiger partial charge in [-0.05, 0) is 12.1 Å². The van der Waals surface area contributed by atoms with E-state index < -0.39 is 12.0 Å². The number of carboxylic acid groups (broad SMARTS) is 1. The molecule has 1 aliphatic heterocycles. The first kappa shape index (κ1) is 14.0. The molecule has 1 aromatic rings. The molecule has 5 nitrogen and oxygen atoms in total. The third kappa shape index (κ3) is 3.33. The second-order valence-electron chi connectivity index (χ2n) is 3.94. The second kappa shape index (κ2) is 6.16. The minimum absolute atomic E-state index is 0.214. The number of para-hydroxylation sites is 1. The van der Waals surface area contributed by atoms with E-state index in [9.17, 15) is 9.59 Å². The van der Waals surface area contributed by atoms with E-state index in [0.29, 0.717) is 22.4 Å². The highest BCUT2D eigenvalue weighted by Crippen LogP contribution is 2.24.